The zero-order valence-corrected chi connectivity index (χ0v) is 10.5. The van der Waals surface area contributed by atoms with E-state index in [0.717, 1.165) is 31.7 Å². The van der Waals surface area contributed by atoms with Gasteiger partial charge in [0.15, 0.2) is 0 Å². The predicted molar refractivity (Wildman–Crippen MR) is 64.2 cm³/mol. The third-order valence-electron chi connectivity index (χ3n) is 3.33. The van der Waals surface area contributed by atoms with Gasteiger partial charge in [0.25, 0.3) is 0 Å². The highest BCUT2D eigenvalue weighted by Crippen LogP contribution is 2.35. The van der Waals surface area contributed by atoms with Crippen LogP contribution in [0.1, 0.15) is 26.2 Å². The van der Waals surface area contributed by atoms with E-state index in [1.807, 2.05) is 7.05 Å². The highest BCUT2D eigenvalue weighted by Gasteiger charge is 2.31. The van der Waals surface area contributed by atoms with Crippen LogP contribution in [-0.2, 0) is 4.74 Å². The molecule has 0 aromatic carbocycles. The molecule has 0 spiro atoms. The summed E-state index contributed by atoms with van der Waals surface area (Å²) in [6, 6.07) is 0.747. The number of nitrogens with one attached hydrogen (secondary N) is 1. The Bertz CT molecular complexity index is 160. The summed E-state index contributed by atoms with van der Waals surface area (Å²) < 4.78 is 5.17. The van der Waals surface area contributed by atoms with Crippen LogP contribution in [-0.4, -0.2) is 51.3 Å². The van der Waals surface area contributed by atoms with Crippen molar-refractivity contribution >= 4 is 0 Å². The Morgan fingerprint density at radius 2 is 2.13 bits per heavy atom. The zero-order chi connectivity index (χ0) is 11.1. The average molecular weight is 214 g/mol. The molecule has 0 amide bonds. The van der Waals surface area contributed by atoms with Gasteiger partial charge in [-0.3, -0.25) is 4.90 Å². The lowest BCUT2D eigenvalue weighted by Crippen LogP contribution is -2.38. The van der Waals surface area contributed by atoms with Crippen LogP contribution in [0.4, 0.5) is 0 Å². The number of rotatable bonds is 9. The molecule has 3 nitrogen and oxygen atoms in total. The van der Waals surface area contributed by atoms with Crippen molar-refractivity contribution in [3.63, 3.8) is 0 Å². The third kappa shape index (κ3) is 4.96. The molecule has 1 rings (SSSR count). The van der Waals surface area contributed by atoms with Crippen molar-refractivity contribution in [2.45, 2.75) is 32.2 Å². The maximum Gasteiger partial charge on any atom is 0.0589 e. The Morgan fingerprint density at radius 1 is 1.40 bits per heavy atom. The number of ether oxygens (including phenoxy) is 1. The monoisotopic (exact) mass is 214 g/mol. The second kappa shape index (κ2) is 7.20. The summed E-state index contributed by atoms with van der Waals surface area (Å²) in [7, 11) is 3.80. The quantitative estimate of drug-likeness (QED) is 0.586. The van der Waals surface area contributed by atoms with E-state index in [1.54, 1.807) is 7.11 Å². The lowest BCUT2D eigenvalue weighted by Gasteiger charge is -2.29. The molecule has 1 saturated carbocycles. The molecule has 90 valence electrons. The largest absolute Gasteiger partial charge is 0.383 e. The van der Waals surface area contributed by atoms with Gasteiger partial charge in [0, 0.05) is 19.7 Å². The summed E-state index contributed by atoms with van der Waals surface area (Å²) in [6.07, 6.45) is 4.09. The minimum atomic E-state index is 0.747. The Labute approximate surface area is 94.2 Å². The minimum Gasteiger partial charge on any atom is -0.383 e. The SMILES string of the molecule is CNCCCN(CCOC)C(C)C1CC1. The molecule has 1 aliphatic rings. The molecule has 0 heterocycles. The van der Waals surface area contributed by atoms with Gasteiger partial charge in [-0.1, -0.05) is 0 Å². The molecule has 1 unspecified atom stereocenters. The molecule has 3 heteroatoms. The van der Waals surface area contributed by atoms with E-state index in [4.69, 9.17) is 4.74 Å². The van der Waals surface area contributed by atoms with Gasteiger partial charge in [0.05, 0.1) is 6.61 Å². The van der Waals surface area contributed by atoms with Gasteiger partial charge >= 0.3 is 0 Å². The van der Waals surface area contributed by atoms with Crippen LogP contribution in [0.25, 0.3) is 0 Å². The van der Waals surface area contributed by atoms with Crippen molar-refractivity contribution in [2.24, 2.45) is 5.92 Å². The van der Waals surface area contributed by atoms with Crippen LogP contribution in [0.15, 0.2) is 0 Å². The number of hydrogen-bond donors (Lipinski definition) is 1. The van der Waals surface area contributed by atoms with Crippen molar-refractivity contribution < 1.29 is 4.74 Å². The van der Waals surface area contributed by atoms with Gasteiger partial charge < -0.3 is 10.1 Å². The second-order valence-corrected chi connectivity index (χ2v) is 4.56. The highest BCUT2D eigenvalue weighted by molar-refractivity contribution is 4.85. The summed E-state index contributed by atoms with van der Waals surface area (Å²) in [6.45, 7) is 6.62. The summed E-state index contributed by atoms with van der Waals surface area (Å²) in [5.41, 5.74) is 0. The van der Waals surface area contributed by atoms with Gasteiger partial charge in [-0.15, -0.1) is 0 Å². The fourth-order valence-electron chi connectivity index (χ4n) is 2.06. The van der Waals surface area contributed by atoms with Crippen molar-refractivity contribution in [1.29, 1.82) is 0 Å². The third-order valence-corrected chi connectivity index (χ3v) is 3.33. The molecule has 1 N–H and O–H groups in total. The number of nitrogens with zero attached hydrogens (tertiary/aromatic N) is 1. The molecular weight excluding hydrogens is 188 g/mol. The molecule has 0 saturated heterocycles. The van der Waals surface area contributed by atoms with Crippen molar-refractivity contribution in [2.75, 3.05) is 40.4 Å². The molecular formula is C12H26N2O. The number of methoxy groups -OCH3 is 1. The van der Waals surface area contributed by atoms with Crippen LogP contribution in [0.5, 0.6) is 0 Å². The van der Waals surface area contributed by atoms with E-state index in [1.165, 1.54) is 25.8 Å². The minimum absolute atomic E-state index is 0.747. The zero-order valence-electron chi connectivity index (χ0n) is 10.5. The molecule has 0 bridgehead atoms. The van der Waals surface area contributed by atoms with E-state index in [2.05, 4.69) is 17.1 Å². The Balaban J connectivity index is 2.23. The first-order chi connectivity index (χ1) is 7.29. The summed E-state index contributed by atoms with van der Waals surface area (Å²) in [4.78, 5) is 2.58. The van der Waals surface area contributed by atoms with Crippen LogP contribution in [0.3, 0.4) is 0 Å². The smallest absolute Gasteiger partial charge is 0.0589 e. The predicted octanol–water partition coefficient (Wildman–Crippen LogP) is 1.34. The lowest BCUT2D eigenvalue weighted by atomic mass is 10.1. The van der Waals surface area contributed by atoms with Gasteiger partial charge in [-0.05, 0) is 52.2 Å². The van der Waals surface area contributed by atoms with Gasteiger partial charge in [-0.25, -0.2) is 0 Å². The van der Waals surface area contributed by atoms with Crippen LogP contribution in [0.2, 0.25) is 0 Å². The molecule has 0 aromatic rings. The van der Waals surface area contributed by atoms with Crippen LogP contribution < -0.4 is 5.32 Å². The molecule has 1 fully saturated rings. The first kappa shape index (κ1) is 12.9. The van der Waals surface area contributed by atoms with Crippen LogP contribution >= 0.6 is 0 Å². The van der Waals surface area contributed by atoms with Crippen molar-refractivity contribution in [1.82, 2.24) is 10.2 Å². The molecule has 1 aliphatic carbocycles. The number of hydrogen-bond acceptors (Lipinski definition) is 3. The molecule has 0 radical (unpaired) electrons. The Morgan fingerprint density at radius 3 is 2.67 bits per heavy atom. The van der Waals surface area contributed by atoms with Crippen molar-refractivity contribution in [3.05, 3.63) is 0 Å². The summed E-state index contributed by atoms with van der Waals surface area (Å²) in [5.74, 6) is 0.955. The standard InChI is InChI=1S/C12H26N2O/c1-11(12-5-6-12)14(9-10-15-3)8-4-7-13-2/h11-13H,4-10H2,1-3H3. The Hall–Kier alpha value is -0.120. The normalized spacial score (nSPS) is 18.4. The van der Waals surface area contributed by atoms with Gasteiger partial charge in [0.1, 0.15) is 0 Å². The lowest BCUT2D eigenvalue weighted by molar-refractivity contribution is 0.116. The van der Waals surface area contributed by atoms with Crippen molar-refractivity contribution in [3.8, 4) is 0 Å². The van der Waals surface area contributed by atoms with E-state index in [-0.39, 0.29) is 0 Å². The van der Waals surface area contributed by atoms with Gasteiger partial charge in [0.2, 0.25) is 0 Å². The van der Waals surface area contributed by atoms with E-state index in [9.17, 15) is 0 Å². The summed E-state index contributed by atoms with van der Waals surface area (Å²) in [5, 5.41) is 3.21. The summed E-state index contributed by atoms with van der Waals surface area (Å²) >= 11 is 0. The van der Waals surface area contributed by atoms with E-state index < -0.39 is 0 Å². The molecule has 1 atom stereocenters. The molecule has 15 heavy (non-hydrogen) atoms. The molecule has 0 aromatic heterocycles. The maximum atomic E-state index is 5.17. The fraction of sp³-hybridized carbons (Fsp3) is 1.00. The van der Waals surface area contributed by atoms with Crippen LogP contribution in [0, 0.1) is 5.92 Å². The van der Waals surface area contributed by atoms with E-state index >= 15 is 0 Å². The Kier molecular flexibility index (Phi) is 6.22. The first-order valence-electron chi connectivity index (χ1n) is 6.17. The van der Waals surface area contributed by atoms with E-state index in [0.29, 0.717) is 0 Å². The molecule has 0 aliphatic heterocycles. The topological polar surface area (TPSA) is 24.5 Å². The highest BCUT2D eigenvalue weighted by atomic mass is 16.5. The fourth-order valence-corrected chi connectivity index (χ4v) is 2.06. The maximum absolute atomic E-state index is 5.17. The first-order valence-corrected chi connectivity index (χ1v) is 6.17. The second-order valence-electron chi connectivity index (χ2n) is 4.56. The van der Waals surface area contributed by atoms with Gasteiger partial charge in [-0.2, -0.15) is 0 Å². The average Bonchev–Trinajstić information content (AvgIpc) is 3.06.